The van der Waals surface area contributed by atoms with Crippen molar-refractivity contribution in [2.24, 2.45) is 0 Å². The summed E-state index contributed by atoms with van der Waals surface area (Å²) in [6, 6.07) is 0. The fraction of sp³-hybridized carbons (Fsp3) is 1.00. The van der Waals surface area contributed by atoms with Crippen LogP contribution in [0.2, 0.25) is 17.0 Å². The van der Waals surface area contributed by atoms with E-state index < -0.39 is 0 Å². The van der Waals surface area contributed by atoms with Crippen molar-refractivity contribution in [1.82, 2.24) is 0 Å². The van der Waals surface area contributed by atoms with E-state index in [9.17, 15) is 0 Å². The second-order valence-electron chi connectivity index (χ2n) is 9.25. The Kier molecular flexibility index (Phi) is 15.7. The third-order valence-electron chi connectivity index (χ3n) is 1.50. The maximum atomic E-state index is 2.35. The van der Waals surface area contributed by atoms with E-state index in [-0.39, 0.29) is 57.9 Å². The van der Waals surface area contributed by atoms with Crippen molar-refractivity contribution in [1.29, 1.82) is 0 Å². The monoisotopic (exact) mass is 442 g/mol. The number of rotatable bonds is 0. The van der Waals surface area contributed by atoms with Crippen molar-refractivity contribution in [3.8, 4) is 0 Å². The molecule has 4 heteroatoms. The van der Waals surface area contributed by atoms with E-state index >= 15 is 0 Å². The molecule has 0 aliphatic carbocycles. The van der Waals surface area contributed by atoms with Crippen LogP contribution in [0.1, 0.15) is 83.1 Å². The molecule has 0 heterocycles. The molecule has 0 aliphatic rings. The van der Waals surface area contributed by atoms with Gasteiger partial charge in [-0.1, -0.05) is 0 Å². The summed E-state index contributed by atoms with van der Waals surface area (Å²) in [4.78, 5) is 0. The molecule has 0 saturated heterocycles. The minimum Gasteiger partial charge on any atom is -0.813 e. The topological polar surface area (TPSA) is 0 Å². The van der Waals surface area contributed by atoms with Crippen LogP contribution in [0.5, 0.6) is 0 Å². The van der Waals surface area contributed by atoms with Crippen LogP contribution < -0.4 is 0 Å². The molecule has 0 fully saturated rings. The van der Waals surface area contributed by atoms with Crippen LogP contribution in [-0.4, -0.2) is 30.9 Å². The minimum absolute atomic E-state index is 0. The van der Waals surface area contributed by atoms with Gasteiger partial charge in [0.05, 0.1) is 0 Å². The van der Waals surface area contributed by atoms with E-state index in [4.69, 9.17) is 0 Å². The number of thiol groups is 2. The van der Waals surface area contributed by atoms with Crippen molar-refractivity contribution >= 4 is 57.9 Å². The largest absolute Gasteiger partial charge is 0.813 e. The molecule has 0 amide bonds. The molecule has 0 atom stereocenters. The van der Waals surface area contributed by atoms with Crippen LogP contribution in [0.4, 0.5) is 0 Å². The molecule has 0 aliphatic heterocycles. The van der Waals surface area contributed by atoms with Gasteiger partial charge in [0.15, 0.2) is 0 Å². The third-order valence-corrected chi connectivity index (χ3v) is 7.79. The normalized spacial score (nSPS) is 12.6. The first-order chi connectivity index (χ1) is 7.41. The Morgan fingerprint density at radius 1 is 0.350 bits per heavy atom. The van der Waals surface area contributed by atoms with Gasteiger partial charge in [-0.05, 0) is 0 Å². The van der Waals surface area contributed by atoms with Crippen LogP contribution in [0, 0.1) is 0 Å². The van der Waals surface area contributed by atoms with Crippen LogP contribution in [-0.2, 0) is 27.0 Å². The number of hydrogen-bond acceptors (Lipinski definition) is 2. The quantitative estimate of drug-likeness (QED) is 0.269. The zero-order chi connectivity index (χ0) is 15.4. The standard InChI is InChI=1S/2C8H18Ge.2H2S/c2*1-7(2,3)9-8(4,5)6;;/h2*1-6H3;2*1H2/p-2. The molecule has 20 heavy (non-hydrogen) atoms. The predicted octanol–water partition coefficient (Wildman–Crippen LogP) is 5.71. The van der Waals surface area contributed by atoms with Gasteiger partial charge in [-0.2, -0.15) is 0 Å². The zero-order valence-corrected chi connectivity index (χ0v) is 21.9. The average Bonchev–Trinajstić information content (AvgIpc) is 1.64. The van der Waals surface area contributed by atoms with Gasteiger partial charge in [0.1, 0.15) is 0 Å². The van der Waals surface area contributed by atoms with Gasteiger partial charge in [0, 0.05) is 0 Å². The summed E-state index contributed by atoms with van der Waals surface area (Å²) in [5, 5.41) is 0. The van der Waals surface area contributed by atoms with Crippen molar-refractivity contribution in [2.75, 3.05) is 0 Å². The Bertz CT molecular complexity index is 175. The molecule has 0 nitrogen and oxygen atoms in total. The van der Waals surface area contributed by atoms with Crippen LogP contribution in [0.25, 0.3) is 0 Å². The first kappa shape index (κ1) is 29.8. The van der Waals surface area contributed by atoms with Crippen molar-refractivity contribution < 1.29 is 0 Å². The van der Waals surface area contributed by atoms with E-state index in [0.29, 0.717) is 17.0 Å². The van der Waals surface area contributed by atoms with E-state index in [2.05, 4.69) is 83.1 Å². The Morgan fingerprint density at radius 3 is 0.450 bits per heavy atom. The Hall–Kier alpha value is 1.79. The third kappa shape index (κ3) is 36.7. The summed E-state index contributed by atoms with van der Waals surface area (Å²) in [6.07, 6.45) is 0. The SMILES string of the molecule is C[C](C)(C)[Ge][C](C)(C)C.C[C](C)(C)[Ge][C](C)(C)C.[SH-].[SH-]. The molecule has 124 valence electrons. The first-order valence-corrected chi connectivity index (χ1v) is 11.2. The van der Waals surface area contributed by atoms with Crippen LogP contribution in [0.15, 0.2) is 0 Å². The summed E-state index contributed by atoms with van der Waals surface area (Å²) in [5.74, 6) is 0. The van der Waals surface area contributed by atoms with Crippen LogP contribution in [0.3, 0.4) is 0 Å². The van der Waals surface area contributed by atoms with Crippen LogP contribution >= 0.6 is 0 Å². The molecule has 0 N–H and O–H groups in total. The van der Waals surface area contributed by atoms with Gasteiger partial charge >= 0.3 is 131 Å². The predicted molar refractivity (Wildman–Crippen MR) is 108 cm³/mol. The molecule has 4 radical (unpaired) electrons. The molecular weight excluding hydrogens is 402 g/mol. The summed E-state index contributed by atoms with van der Waals surface area (Å²) in [5.41, 5.74) is 0. The summed E-state index contributed by atoms with van der Waals surface area (Å²) >= 11 is 0.417. The molecule has 0 saturated carbocycles. The molecule has 0 aromatic rings. The maximum absolute atomic E-state index is 2.35. The number of hydrogen-bond donors (Lipinski definition) is 0. The molecule has 0 spiro atoms. The van der Waals surface area contributed by atoms with Crippen molar-refractivity contribution in [3.63, 3.8) is 0 Å². The minimum atomic E-state index is 0. The van der Waals surface area contributed by atoms with Gasteiger partial charge < -0.3 is 27.0 Å². The molecule has 0 rings (SSSR count). The molecule has 0 unspecified atom stereocenters. The van der Waals surface area contributed by atoms with Crippen molar-refractivity contribution in [2.45, 2.75) is 100 Å². The van der Waals surface area contributed by atoms with E-state index in [0.717, 1.165) is 0 Å². The van der Waals surface area contributed by atoms with Gasteiger partial charge in [-0.3, -0.25) is 0 Å². The van der Waals surface area contributed by atoms with Crippen molar-refractivity contribution in [3.05, 3.63) is 0 Å². The Labute approximate surface area is 157 Å². The second kappa shape index (κ2) is 10.5. The fourth-order valence-electron chi connectivity index (χ4n) is 2.25. The molecule has 0 aromatic heterocycles. The van der Waals surface area contributed by atoms with Gasteiger partial charge in [0.2, 0.25) is 0 Å². The Morgan fingerprint density at radius 2 is 0.450 bits per heavy atom. The zero-order valence-electron chi connectivity index (χ0n) is 15.9. The van der Waals surface area contributed by atoms with E-state index in [1.807, 2.05) is 0 Å². The molecular formula is C16H38Ge2S2-2. The Balaban J connectivity index is -0.000000116. The fourth-order valence-corrected chi connectivity index (χ4v) is 11.7. The van der Waals surface area contributed by atoms with E-state index in [1.54, 1.807) is 0 Å². The smallest absolute Gasteiger partial charge is 0.813 e. The van der Waals surface area contributed by atoms with Gasteiger partial charge in [-0.15, -0.1) is 0 Å². The maximum Gasteiger partial charge on any atom is -0.813 e. The summed E-state index contributed by atoms with van der Waals surface area (Å²) < 4.78 is 2.44. The van der Waals surface area contributed by atoms with E-state index in [1.165, 1.54) is 0 Å². The van der Waals surface area contributed by atoms with Gasteiger partial charge in [-0.25, -0.2) is 0 Å². The summed E-state index contributed by atoms with van der Waals surface area (Å²) in [7, 11) is 0. The average molecular weight is 440 g/mol. The molecule has 0 bridgehead atoms. The van der Waals surface area contributed by atoms with Gasteiger partial charge in [0.25, 0.3) is 0 Å². The first-order valence-electron chi connectivity index (χ1n) is 7.00. The second-order valence-corrected chi connectivity index (χ2v) is 22.9. The summed E-state index contributed by atoms with van der Waals surface area (Å²) in [6.45, 7) is 28.1. The molecule has 0 aromatic carbocycles.